The second-order valence-electron chi connectivity index (χ2n) is 3.48. The van der Waals surface area contributed by atoms with Gasteiger partial charge in [0.15, 0.2) is 0 Å². The maximum atomic E-state index is 3.12. The molecule has 1 N–H and O–H groups in total. The molecule has 0 saturated carbocycles. The molecule has 0 amide bonds. The number of hydrogen-bond acceptors (Lipinski definition) is 1. The van der Waals surface area contributed by atoms with Crippen LogP contribution in [0.15, 0.2) is 12.2 Å². The van der Waals surface area contributed by atoms with Gasteiger partial charge in [-0.25, -0.2) is 0 Å². The van der Waals surface area contributed by atoms with Crippen LogP contribution in [0.3, 0.4) is 0 Å². The van der Waals surface area contributed by atoms with Crippen LogP contribution in [0.4, 0.5) is 0 Å². The number of rotatable bonds is 2. The van der Waals surface area contributed by atoms with E-state index in [0.29, 0.717) is 0 Å². The number of hydrogen-bond donors (Lipinski definition) is 1. The van der Waals surface area contributed by atoms with Gasteiger partial charge in [-0.1, -0.05) is 17.9 Å². The third-order valence-electron chi connectivity index (χ3n) is 0.970. The first kappa shape index (κ1) is 10.3. The summed E-state index contributed by atoms with van der Waals surface area (Å²) in [6.45, 7) is 7.20. The third kappa shape index (κ3) is 9.26. The van der Waals surface area contributed by atoms with Gasteiger partial charge >= 0.3 is 0 Å². The monoisotopic (exact) mass is 151 g/mol. The lowest BCUT2D eigenvalue weighted by atomic mass is 9.98. The fraction of sp³-hybridized carbons (Fsp3) is 0.600. The Hall–Kier alpha value is -0.740. The van der Waals surface area contributed by atoms with Crippen molar-refractivity contribution in [1.29, 1.82) is 0 Å². The highest BCUT2D eigenvalue weighted by atomic mass is 14.8. The van der Waals surface area contributed by atoms with Gasteiger partial charge in [0.2, 0.25) is 0 Å². The van der Waals surface area contributed by atoms with Crippen LogP contribution in [-0.4, -0.2) is 13.6 Å². The maximum Gasteiger partial charge on any atom is 0.0233 e. The van der Waals surface area contributed by atoms with Gasteiger partial charge in [-0.05, 0) is 33.9 Å². The van der Waals surface area contributed by atoms with Crippen LogP contribution in [0.25, 0.3) is 0 Å². The zero-order valence-electron chi connectivity index (χ0n) is 7.86. The molecule has 0 aromatic rings. The van der Waals surface area contributed by atoms with Crippen LogP contribution >= 0.6 is 0 Å². The molecule has 1 nitrogen and oxygen atoms in total. The highest BCUT2D eigenvalue weighted by molar-refractivity contribution is 5.19. The summed E-state index contributed by atoms with van der Waals surface area (Å²) in [5.41, 5.74) is 0.115. The highest BCUT2D eigenvalue weighted by Crippen LogP contribution is 2.09. The lowest BCUT2D eigenvalue weighted by Crippen LogP contribution is -2.03. The van der Waals surface area contributed by atoms with E-state index in [0.717, 1.165) is 6.54 Å². The van der Waals surface area contributed by atoms with E-state index in [1.54, 1.807) is 0 Å². The summed E-state index contributed by atoms with van der Waals surface area (Å²) in [7, 11) is 1.92. The summed E-state index contributed by atoms with van der Waals surface area (Å²) in [5, 5.41) is 3.01. The minimum absolute atomic E-state index is 0.115. The Labute approximate surface area is 69.9 Å². The van der Waals surface area contributed by atoms with Crippen molar-refractivity contribution < 1.29 is 0 Å². The van der Waals surface area contributed by atoms with Gasteiger partial charge in [0, 0.05) is 12.0 Å². The van der Waals surface area contributed by atoms with Crippen molar-refractivity contribution in [3.63, 3.8) is 0 Å². The Bertz CT molecular complexity index is 173. The zero-order chi connectivity index (χ0) is 8.74. The van der Waals surface area contributed by atoms with Gasteiger partial charge in [0.25, 0.3) is 0 Å². The molecule has 0 aromatic heterocycles. The Balaban J connectivity index is 3.72. The van der Waals surface area contributed by atoms with E-state index in [1.165, 1.54) is 0 Å². The van der Waals surface area contributed by atoms with Crippen molar-refractivity contribution in [3.05, 3.63) is 12.2 Å². The summed E-state index contributed by atoms with van der Waals surface area (Å²) in [4.78, 5) is 0. The summed E-state index contributed by atoms with van der Waals surface area (Å²) in [5.74, 6) is 6.11. The molecule has 0 radical (unpaired) electrons. The summed E-state index contributed by atoms with van der Waals surface area (Å²) in [6, 6.07) is 0. The molecule has 0 aliphatic rings. The average molecular weight is 151 g/mol. The van der Waals surface area contributed by atoms with E-state index < -0.39 is 0 Å². The minimum Gasteiger partial charge on any atom is -0.316 e. The molecular formula is C10H17N. The van der Waals surface area contributed by atoms with Gasteiger partial charge in [-0.2, -0.15) is 0 Å². The van der Waals surface area contributed by atoms with Crippen LogP contribution in [-0.2, 0) is 0 Å². The van der Waals surface area contributed by atoms with Crippen LogP contribution in [0.2, 0.25) is 0 Å². The SMILES string of the molecule is CNCC=CC#CC(C)(C)C. The molecule has 0 spiro atoms. The first-order valence-corrected chi connectivity index (χ1v) is 3.88. The van der Waals surface area contributed by atoms with Crippen molar-refractivity contribution in [1.82, 2.24) is 5.32 Å². The fourth-order valence-corrected chi connectivity index (χ4v) is 0.494. The highest BCUT2D eigenvalue weighted by Gasteiger charge is 2.01. The largest absolute Gasteiger partial charge is 0.316 e. The molecule has 0 aromatic carbocycles. The van der Waals surface area contributed by atoms with Gasteiger partial charge in [-0.15, -0.1) is 0 Å². The van der Waals surface area contributed by atoms with Crippen LogP contribution in [0.5, 0.6) is 0 Å². The predicted molar refractivity (Wildman–Crippen MR) is 50.3 cm³/mol. The molecule has 0 atom stereocenters. The molecule has 11 heavy (non-hydrogen) atoms. The minimum atomic E-state index is 0.115. The normalized spacial score (nSPS) is 11.3. The Morgan fingerprint density at radius 3 is 2.45 bits per heavy atom. The maximum absolute atomic E-state index is 3.12. The Morgan fingerprint density at radius 2 is 2.00 bits per heavy atom. The molecule has 0 aliphatic heterocycles. The molecule has 0 unspecified atom stereocenters. The van der Waals surface area contributed by atoms with E-state index in [-0.39, 0.29) is 5.41 Å². The number of allylic oxidation sites excluding steroid dienone is 1. The van der Waals surface area contributed by atoms with Crippen LogP contribution in [0, 0.1) is 17.3 Å². The van der Waals surface area contributed by atoms with Crippen molar-refractivity contribution in [2.24, 2.45) is 5.41 Å². The predicted octanol–water partition coefficient (Wildman–Crippen LogP) is 1.81. The Morgan fingerprint density at radius 1 is 1.36 bits per heavy atom. The van der Waals surface area contributed by atoms with E-state index >= 15 is 0 Å². The summed E-state index contributed by atoms with van der Waals surface area (Å²) in [6.07, 6.45) is 3.90. The number of nitrogens with one attached hydrogen (secondary N) is 1. The Kier molecular flexibility index (Phi) is 4.65. The number of likely N-dealkylation sites (N-methyl/N-ethyl adjacent to an activating group) is 1. The standard InChI is InChI=1S/C10H17N/c1-10(2,3)8-6-5-7-9-11-4/h5,7,11H,9H2,1-4H3. The smallest absolute Gasteiger partial charge is 0.0233 e. The molecule has 0 aliphatic carbocycles. The van der Waals surface area contributed by atoms with Gasteiger partial charge in [0.05, 0.1) is 0 Å². The van der Waals surface area contributed by atoms with Gasteiger partial charge in [-0.3, -0.25) is 0 Å². The topological polar surface area (TPSA) is 12.0 Å². The quantitative estimate of drug-likeness (QED) is 0.593. The summed E-state index contributed by atoms with van der Waals surface area (Å²) >= 11 is 0. The molecule has 0 fully saturated rings. The molecule has 0 heterocycles. The van der Waals surface area contributed by atoms with Gasteiger partial charge in [0.1, 0.15) is 0 Å². The fourth-order valence-electron chi connectivity index (χ4n) is 0.494. The van der Waals surface area contributed by atoms with Crippen molar-refractivity contribution in [2.75, 3.05) is 13.6 Å². The van der Waals surface area contributed by atoms with E-state index in [9.17, 15) is 0 Å². The van der Waals surface area contributed by atoms with Crippen LogP contribution in [0.1, 0.15) is 20.8 Å². The van der Waals surface area contributed by atoms with Crippen molar-refractivity contribution >= 4 is 0 Å². The molecule has 0 rings (SSSR count). The lowest BCUT2D eigenvalue weighted by molar-refractivity contribution is 0.571. The third-order valence-corrected chi connectivity index (χ3v) is 0.970. The van der Waals surface area contributed by atoms with Crippen LogP contribution < -0.4 is 5.32 Å². The van der Waals surface area contributed by atoms with Crippen molar-refractivity contribution in [2.45, 2.75) is 20.8 Å². The zero-order valence-corrected chi connectivity index (χ0v) is 7.86. The van der Waals surface area contributed by atoms with E-state index in [4.69, 9.17) is 0 Å². The second kappa shape index (κ2) is 4.98. The second-order valence-corrected chi connectivity index (χ2v) is 3.48. The van der Waals surface area contributed by atoms with Crippen molar-refractivity contribution in [3.8, 4) is 11.8 Å². The molecule has 62 valence electrons. The molecular weight excluding hydrogens is 134 g/mol. The van der Waals surface area contributed by atoms with E-state index in [2.05, 4.69) is 37.9 Å². The molecule has 0 saturated heterocycles. The average Bonchev–Trinajstić information content (AvgIpc) is 1.85. The summed E-state index contributed by atoms with van der Waals surface area (Å²) < 4.78 is 0. The van der Waals surface area contributed by atoms with Gasteiger partial charge < -0.3 is 5.32 Å². The molecule has 0 bridgehead atoms. The molecule has 1 heteroatoms. The lowest BCUT2D eigenvalue weighted by Gasteiger charge is -2.05. The van der Waals surface area contributed by atoms with E-state index in [1.807, 2.05) is 19.2 Å². The first-order chi connectivity index (χ1) is 5.06. The first-order valence-electron chi connectivity index (χ1n) is 3.88.